The van der Waals surface area contributed by atoms with Crippen molar-refractivity contribution in [1.82, 2.24) is 4.90 Å². The number of aliphatic carboxylic acids is 1. The maximum Gasteiger partial charge on any atom is 0.304 e. The molecule has 0 spiro atoms. The van der Waals surface area contributed by atoms with Gasteiger partial charge in [-0.3, -0.25) is 9.59 Å². The van der Waals surface area contributed by atoms with Crippen LogP contribution in [0.5, 0.6) is 0 Å². The SMILES string of the molecule is C=CN1CCCC1=O.O=C(O)CCS. The van der Waals surface area contributed by atoms with Gasteiger partial charge in [0.1, 0.15) is 0 Å². The standard InChI is InChI=1S/C6H9NO.C3H6O2S/c1-2-7-5-3-4-6(7)8;4-3(5)1-2-6/h2H,1,3-5H2;6H,1-2H2,(H,4,5). The van der Waals surface area contributed by atoms with Crippen LogP contribution in [0.15, 0.2) is 12.8 Å². The van der Waals surface area contributed by atoms with Gasteiger partial charge >= 0.3 is 5.97 Å². The van der Waals surface area contributed by atoms with Crippen molar-refractivity contribution in [2.75, 3.05) is 12.3 Å². The maximum absolute atomic E-state index is 10.7. The average molecular weight is 217 g/mol. The van der Waals surface area contributed by atoms with Gasteiger partial charge in [0.05, 0.1) is 6.42 Å². The van der Waals surface area contributed by atoms with Crippen LogP contribution in [0, 0.1) is 0 Å². The molecule has 0 unspecified atom stereocenters. The van der Waals surface area contributed by atoms with Crippen LogP contribution in [0.1, 0.15) is 19.3 Å². The fourth-order valence-electron chi connectivity index (χ4n) is 0.958. The Morgan fingerprint density at radius 1 is 1.71 bits per heavy atom. The Labute approximate surface area is 89.0 Å². The summed E-state index contributed by atoms with van der Waals surface area (Å²) in [7, 11) is 0. The van der Waals surface area contributed by atoms with Gasteiger partial charge < -0.3 is 10.0 Å². The first-order chi connectivity index (χ1) is 6.61. The monoisotopic (exact) mass is 217 g/mol. The van der Waals surface area contributed by atoms with Gasteiger partial charge in [0.15, 0.2) is 0 Å². The van der Waals surface area contributed by atoms with Gasteiger partial charge in [-0.15, -0.1) is 0 Å². The van der Waals surface area contributed by atoms with Crippen LogP contribution in [-0.2, 0) is 9.59 Å². The molecular formula is C9H15NO3S. The third-order valence-corrected chi connectivity index (χ3v) is 1.88. The molecule has 0 aromatic heterocycles. The molecule has 1 saturated heterocycles. The highest BCUT2D eigenvalue weighted by atomic mass is 32.1. The number of carboxylic acids is 1. The second-order valence-electron chi connectivity index (χ2n) is 2.74. The van der Waals surface area contributed by atoms with Crippen LogP contribution in [-0.4, -0.2) is 34.2 Å². The van der Waals surface area contributed by atoms with Crippen LogP contribution in [0.2, 0.25) is 0 Å². The molecule has 0 saturated carbocycles. The molecule has 0 aromatic rings. The maximum atomic E-state index is 10.7. The van der Waals surface area contributed by atoms with E-state index in [4.69, 9.17) is 5.11 Å². The van der Waals surface area contributed by atoms with E-state index < -0.39 is 5.97 Å². The van der Waals surface area contributed by atoms with E-state index in [9.17, 15) is 9.59 Å². The lowest BCUT2D eigenvalue weighted by Crippen LogP contribution is -2.16. The number of likely N-dealkylation sites (tertiary alicyclic amines) is 1. The minimum Gasteiger partial charge on any atom is -0.481 e. The summed E-state index contributed by atoms with van der Waals surface area (Å²) in [6.07, 6.45) is 3.44. The summed E-state index contributed by atoms with van der Waals surface area (Å²) in [5.74, 6) is -0.153. The molecule has 80 valence electrons. The van der Waals surface area contributed by atoms with Gasteiger partial charge in [0.25, 0.3) is 0 Å². The predicted molar refractivity (Wildman–Crippen MR) is 57.2 cm³/mol. The number of rotatable bonds is 3. The molecule has 1 fully saturated rings. The first-order valence-corrected chi connectivity index (χ1v) is 4.99. The van der Waals surface area contributed by atoms with Crippen molar-refractivity contribution < 1.29 is 14.7 Å². The number of carboxylic acid groups (broad SMARTS) is 1. The number of hydrogen-bond acceptors (Lipinski definition) is 3. The number of nitrogens with zero attached hydrogens (tertiary/aromatic N) is 1. The second kappa shape index (κ2) is 7.44. The van der Waals surface area contributed by atoms with E-state index in [2.05, 4.69) is 19.2 Å². The van der Waals surface area contributed by atoms with E-state index in [1.54, 1.807) is 11.1 Å². The van der Waals surface area contributed by atoms with Crippen LogP contribution < -0.4 is 0 Å². The molecule has 4 nitrogen and oxygen atoms in total. The molecule has 0 aliphatic carbocycles. The summed E-state index contributed by atoms with van der Waals surface area (Å²) in [5, 5.41) is 7.86. The molecule has 1 amide bonds. The molecule has 0 atom stereocenters. The average Bonchev–Trinajstić information content (AvgIpc) is 2.51. The van der Waals surface area contributed by atoms with Crippen LogP contribution >= 0.6 is 12.6 Å². The van der Waals surface area contributed by atoms with Gasteiger partial charge in [-0.1, -0.05) is 6.58 Å². The van der Waals surface area contributed by atoms with Gasteiger partial charge in [-0.25, -0.2) is 0 Å². The van der Waals surface area contributed by atoms with Crippen LogP contribution in [0.25, 0.3) is 0 Å². The predicted octanol–water partition coefficient (Wildman–Crippen LogP) is 1.14. The summed E-state index contributed by atoms with van der Waals surface area (Å²) < 4.78 is 0. The Hall–Kier alpha value is -0.970. The summed E-state index contributed by atoms with van der Waals surface area (Å²) in [6, 6.07) is 0. The lowest BCUT2D eigenvalue weighted by atomic mass is 10.4. The third kappa shape index (κ3) is 5.64. The van der Waals surface area contributed by atoms with E-state index in [0.29, 0.717) is 12.2 Å². The smallest absolute Gasteiger partial charge is 0.304 e. The molecule has 1 aliphatic heterocycles. The van der Waals surface area contributed by atoms with E-state index in [-0.39, 0.29) is 12.3 Å². The summed E-state index contributed by atoms with van der Waals surface area (Å²) in [4.78, 5) is 21.9. The largest absolute Gasteiger partial charge is 0.481 e. The first-order valence-electron chi connectivity index (χ1n) is 4.36. The fraction of sp³-hybridized carbons (Fsp3) is 0.556. The molecule has 0 aromatic carbocycles. The van der Waals surface area contributed by atoms with Crippen molar-refractivity contribution in [1.29, 1.82) is 0 Å². The van der Waals surface area contributed by atoms with Crippen molar-refractivity contribution in [3.63, 3.8) is 0 Å². The minimum atomic E-state index is -0.787. The number of carbonyl (C=O) groups is 2. The Balaban J connectivity index is 0.000000255. The molecule has 0 bridgehead atoms. The third-order valence-electron chi connectivity index (χ3n) is 1.66. The van der Waals surface area contributed by atoms with E-state index in [1.807, 2.05) is 0 Å². The zero-order chi connectivity index (χ0) is 11.0. The molecule has 0 radical (unpaired) electrons. The Morgan fingerprint density at radius 3 is 2.50 bits per heavy atom. The fourth-order valence-corrected chi connectivity index (χ4v) is 1.15. The van der Waals surface area contributed by atoms with E-state index in [1.165, 1.54) is 0 Å². The molecular weight excluding hydrogens is 202 g/mol. The second-order valence-corrected chi connectivity index (χ2v) is 3.19. The van der Waals surface area contributed by atoms with Gasteiger partial charge in [-0.2, -0.15) is 12.6 Å². The molecule has 1 heterocycles. The minimum absolute atomic E-state index is 0.156. The van der Waals surface area contributed by atoms with Crippen molar-refractivity contribution in [2.45, 2.75) is 19.3 Å². The summed E-state index contributed by atoms with van der Waals surface area (Å²) in [5.41, 5.74) is 0. The number of carbonyl (C=O) groups excluding carboxylic acids is 1. The van der Waals surface area contributed by atoms with Crippen molar-refractivity contribution >= 4 is 24.5 Å². The molecule has 5 heteroatoms. The van der Waals surface area contributed by atoms with Gasteiger partial charge in [0.2, 0.25) is 5.91 Å². The normalized spacial score (nSPS) is 14.6. The number of hydrogen-bond donors (Lipinski definition) is 2. The lowest BCUT2D eigenvalue weighted by Gasteiger charge is -2.05. The zero-order valence-electron chi connectivity index (χ0n) is 7.98. The molecule has 1 rings (SSSR count). The summed E-state index contributed by atoms with van der Waals surface area (Å²) >= 11 is 3.68. The molecule has 14 heavy (non-hydrogen) atoms. The van der Waals surface area contributed by atoms with Gasteiger partial charge in [-0.05, 0) is 12.6 Å². The first kappa shape index (κ1) is 13.0. The van der Waals surface area contributed by atoms with Crippen molar-refractivity contribution in [3.05, 3.63) is 12.8 Å². The molecule has 1 N–H and O–H groups in total. The van der Waals surface area contributed by atoms with E-state index in [0.717, 1.165) is 13.0 Å². The van der Waals surface area contributed by atoms with Crippen LogP contribution in [0.3, 0.4) is 0 Å². The van der Waals surface area contributed by atoms with E-state index >= 15 is 0 Å². The van der Waals surface area contributed by atoms with Crippen LogP contribution in [0.4, 0.5) is 0 Å². The highest BCUT2D eigenvalue weighted by Gasteiger charge is 2.15. The summed E-state index contributed by atoms with van der Waals surface area (Å²) in [6.45, 7) is 4.36. The highest BCUT2D eigenvalue weighted by molar-refractivity contribution is 7.80. The Kier molecular flexibility index (Phi) is 6.92. The zero-order valence-corrected chi connectivity index (χ0v) is 8.87. The topological polar surface area (TPSA) is 57.6 Å². The van der Waals surface area contributed by atoms with Crippen molar-refractivity contribution in [3.8, 4) is 0 Å². The number of amides is 1. The lowest BCUT2D eigenvalue weighted by molar-refractivity contribution is -0.136. The van der Waals surface area contributed by atoms with Crippen molar-refractivity contribution in [2.24, 2.45) is 0 Å². The highest BCUT2D eigenvalue weighted by Crippen LogP contribution is 2.08. The number of thiol groups is 1. The quantitative estimate of drug-likeness (QED) is 0.697. The molecule has 1 aliphatic rings. The Morgan fingerprint density at radius 2 is 2.36 bits per heavy atom. The Bertz CT molecular complexity index is 218. The van der Waals surface area contributed by atoms with Gasteiger partial charge in [0, 0.05) is 18.7 Å².